The SMILES string of the molecule is CCCN1C(=O)N/C(=C/c2ccc(OCc3cccc(C)c3)c(OCC)c2)C1=O. The van der Waals surface area contributed by atoms with Crippen molar-refractivity contribution in [3.63, 3.8) is 0 Å². The average molecular weight is 394 g/mol. The van der Waals surface area contributed by atoms with Crippen LogP contribution in [0.25, 0.3) is 6.08 Å². The molecule has 3 amide bonds. The minimum Gasteiger partial charge on any atom is -0.490 e. The number of hydrogen-bond donors (Lipinski definition) is 1. The summed E-state index contributed by atoms with van der Waals surface area (Å²) in [5.41, 5.74) is 3.27. The Morgan fingerprint density at radius 1 is 1.03 bits per heavy atom. The first kappa shape index (κ1) is 20.5. The fraction of sp³-hybridized carbons (Fsp3) is 0.304. The van der Waals surface area contributed by atoms with Gasteiger partial charge in [-0.25, -0.2) is 4.79 Å². The van der Waals surface area contributed by atoms with Crippen LogP contribution in [-0.2, 0) is 11.4 Å². The van der Waals surface area contributed by atoms with Gasteiger partial charge in [0.05, 0.1) is 6.61 Å². The minimum atomic E-state index is -0.383. The van der Waals surface area contributed by atoms with Crippen molar-refractivity contribution >= 4 is 18.0 Å². The molecule has 152 valence electrons. The van der Waals surface area contributed by atoms with E-state index in [2.05, 4.69) is 11.4 Å². The lowest BCUT2D eigenvalue weighted by Crippen LogP contribution is -2.31. The maximum atomic E-state index is 12.4. The molecule has 2 aromatic rings. The van der Waals surface area contributed by atoms with E-state index in [1.807, 2.05) is 57.2 Å². The van der Waals surface area contributed by atoms with Crippen molar-refractivity contribution in [1.29, 1.82) is 0 Å². The van der Waals surface area contributed by atoms with Gasteiger partial charge in [0, 0.05) is 6.54 Å². The summed E-state index contributed by atoms with van der Waals surface area (Å²) in [5, 5.41) is 2.63. The van der Waals surface area contributed by atoms with E-state index in [0.29, 0.717) is 37.7 Å². The molecule has 0 unspecified atom stereocenters. The van der Waals surface area contributed by atoms with Gasteiger partial charge in [-0.05, 0) is 49.6 Å². The van der Waals surface area contributed by atoms with Crippen LogP contribution >= 0.6 is 0 Å². The standard InChI is InChI=1S/C23H26N2O4/c1-4-11-25-22(26)19(24-23(25)27)13-17-9-10-20(21(14-17)28-5-2)29-15-18-8-6-7-16(3)12-18/h6-10,12-14H,4-5,11,15H2,1-3H3,(H,24,27)/b19-13+. The number of benzene rings is 2. The topological polar surface area (TPSA) is 67.9 Å². The van der Waals surface area contributed by atoms with Crippen LogP contribution in [0.2, 0.25) is 0 Å². The van der Waals surface area contributed by atoms with Gasteiger partial charge in [0.2, 0.25) is 0 Å². The minimum absolute atomic E-state index is 0.263. The van der Waals surface area contributed by atoms with Crippen molar-refractivity contribution in [2.75, 3.05) is 13.2 Å². The smallest absolute Gasteiger partial charge is 0.329 e. The van der Waals surface area contributed by atoms with Gasteiger partial charge in [-0.1, -0.05) is 42.8 Å². The number of carbonyl (C=O) groups excluding carboxylic acids is 2. The van der Waals surface area contributed by atoms with Crippen LogP contribution in [0, 0.1) is 6.92 Å². The Labute approximate surface area is 171 Å². The van der Waals surface area contributed by atoms with Crippen molar-refractivity contribution in [3.8, 4) is 11.5 Å². The molecule has 1 saturated heterocycles. The van der Waals surface area contributed by atoms with E-state index in [1.54, 1.807) is 6.08 Å². The molecule has 1 aliphatic rings. The van der Waals surface area contributed by atoms with Crippen molar-refractivity contribution in [1.82, 2.24) is 10.2 Å². The first-order valence-corrected chi connectivity index (χ1v) is 9.81. The summed E-state index contributed by atoms with van der Waals surface area (Å²) in [6, 6.07) is 13.2. The van der Waals surface area contributed by atoms with Gasteiger partial charge in [-0.3, -0.25) is 9.69 Å². The Bertz CT molecular complexity index is 936. The molecule has 0 aliphatic carbocycles. The van der Waals surface area contributed by atoms with Gasteiger partial charge in [-0.2, -0.15) is 0 Å². The van der Waals surface area contributed by atoms with E-state index < -0.39 is 0 Å². The van der Waals surface area contributed by atoms with Crippen molar-refractivity contribution in [3.05, 3.63) is 64.9 Å². The van der Waals surface area contributed by atoms with E-state index in [1.165, 1.54) is 10.5 Å². The number of amides is 3. The monoisotopic (exact) mass is 394 g/mol. The fourth-order valence-electron chi connectivity index (χ4n) is 3.13. The predicted octanol–water partition coefficient (Wildman–Crippen LogP) is 4.28. The second-order valence-corrected chi connectivity index (χ2v) is 6.86. The molecular formula is C23H26N2O4. The highest BCUT2D eigenvalue weighted by molar-refractivity contribution is 6.13. The number of nitrogens with zero attached hydrogens (tertiary/aromatic N) is 1. The first-order valence-electron chi connectivity index (χ1n) is 9.81. The van der Waals surface area contributed by atoms with E-state index in [4.69, 9.17) is 9.47 Å². The van der Waals surface area contributed by atoms with Gasteiger partial charge >= 0.3 is 6.03 Å². The van der Waals surface area contributed by atoms with Crippen molar-refractivity contribution in [2.24, 2.45) is 0 Å². The Balaban J connectivity index is 1.79. The molecule has 1 fully saturated rings. The number of imide groups is 1. The molecule has 29 heavy (non-hydrogen) atoms. The summed E-state index contributed by atoms with van der Waals surface area (Å²) in [6.07, 6.45) is 2.37. The van der Waals surface area contributed by atoms with Gasteiger partial charge in [-0.15, -0.1) is 0 Å². The van der Waals surface area contributed by atoms with Gasteiger partial charge < -0.3 is 14.8 Å². The molecule has 1 heterocycles. The number of aryl methyl sites for hydroxylation is 1. The van der Waals surface area contributed by atoms with Gasteiger partial charge in [0.15, 0.2) is 11.5 Å². The second-order valence-electron chi connectivity index (χ2n) is 6.86. The van der Waals surface area contributed by atoms with Crippen LogP contribution < -0.4 is 14.8 Å². The highest BCUT2D eigenvalue weighted by Crippen LogP contribution is 2.30. The molecule has 1 N–H and O–H groups in total. The molecule has 2 aromatic carbocycles. The Hall–Kier alpha value is -3.28. The third-order valence-corrected chi connectivity index (χ3v) is 4.46. The lowest BCUT2D eigenvalue weighted by atomic mass is 10.1. The summed E-state index contributed by atoms with van der Waals surface area (Å²) in [6.45, 7) is 7.19. The van der Waals surface area contributed by atoms with Crippen LogP contribution in [0.5, 0.6) is 11.5 Å². The first-order chi connectivity index (χ1) is 14.0. The number of rotatable bonds is 8. The normalized spacial score (nSPS) is 15.0. The highest BCUT2D eigenvalue weighted by atomic mass is 16.5. The largest absolute Gasteiger partial charge is 0.490 e. The van der Waals surface area contributed by atoms with Gasteiger partial charge in [0.25, 0.3) is 5.91 Å². The average Bonchev–Trinajstić information content (AvgIpc) is 2.95. The van der Waals surface area contributed by atoms with Gasteiger partial charge in [0.1, 0.15) is 12.3 Å². The summed E-state index contributed by atoms with van der Waals surface area (Å²) in [5.74, 6) is 0.913. The predicted molar refractivity (Wildman–Crippen MR) is 112 cm³/mol. The molecule has 0 bridgehead atoms. The third kappa shape index (κ3) is 4.96. The van der Waals surface area contributed by atoms with Crippen LogP contribution in [0.3, 0.4) is 0 Å². The number of urea groups is 1. The van der Waals surface area contributed by atoms with Crippen molar-refractivity contribution < 1.29 is 19.1 Å². The Morgan fingerprint density at radius 3 is 2.59 bits per heavy atom. The van der Waals surface area contributed by atoms with E-state index >= 15 is 0 Å². The zero-order valence-corrected chi connectivity index (χ0v) is 17.0. The summed E-state index contributed by atoms with van der Waals surface area (Å²) in [4.78, 5) is 25.6. The Morgan fingerprint density at radius 2 is 1.86 bits per heavy atom. The molecule has 6 heteroatoms. The molecule has 0 spiro atoms. The summed E-state index contributed by atoms with van der Waals surface area (Å²) >= 11 is 0. The van der Waals surface area contributed by atoms with Crippen LogP contribution in [0.1, 0.15) is 37.0 Å². The van der Waals surface area contributed by atoms with Crippen LogP contribution in [0.15, 0.2) is 48.2 Å². The molecule has 0 atom stereocenters. The molecule has 0 aromatic heterocycles. The molecule has 0 saturated carbocycles. The third-order valence-electron chi connectivity index (χ3n) is 4.46. The molecule has 3 rings (SSSR count). The molecule has 6 nitrogen and oxygen atoms in total. The van der Waals surface area contributed by atoms with Crippen molar-refractivity contribution in [2.45, 2.75) is 33.8 Å². The quantitative estimate of drug-likeness (QED) is 0.536. The van der Waals surface area contributed by atoms with Crippen LogP contribution in [-0.4, -0.2) is 30.0 Å². The zero-order chi connectivity index (χ0) is 20.8. The van der Waals surface area contributed by atoms with E-state index in [9.17, 15) is 9.59 Å². The summed E-state index contributed by atoms with van der Waals surface area (Å²) < 4.78 is 11.7. The highest BCUT2D eigenvalue weighted by Gasteiger charge is 2.32. The lowest BCUT2D eigenvalue weighted by molar-refractivity contribution is -0.122. The second kappa shape index (κ2) is 9.28. The maximum absolute atomic E-state index is 12.4. The number of carbonyl (C=O) groups is 2. The van der Waals surface area contributed by atoms with E-state index in [-0.39, 0.29) is 17.6 Å². The maximum Gasteiger partial charge on any atom is 0.329 e. The molecular weight excluding hydrogens is 368 g/mol. The van der Waals surface area contributed by atoms with Crippen LogP contribution in [0.4, 0.5) is 4.79 Å². The summed E-state index contributed by atoms with van der Waals surface area (Å²) in [7, 11) is 0. The molecule has 1 aliphatic heterocycles. The molecule has 0 radical (unpaired) electrons. The fourth-order valence-corrected chi connectivity index (χ4v) is 3.13. The van der Waals surface area contributed by atoms with E-state index in [0.717, 1.165) is 11.1 Å². The zero-order valence-electron chi connectivity index (χ0n) is 17.0. The Kier molecular flexibility index (Phi) is 6.54. The number of nitrogens with one attached hydrogen (secondary N) is 1. The lowest BCUT2D eigenvalue weighted by Gasteiger charge is -2.13. The number of ether oxygens (including phenoxy) is 2. The number of hydrogen-bond acceptors (Lipinski definition) is 4.